The molecule has 3 fully saturated rings. The van der Waals surface area contributed by atoms with Crippen LogP contribution in [0, 0.1) is 29.1 Å². The smallest absolute Gasteiger partial charge is 0.224 e. The molecule has 0 aromatic carbocycles. The molecule has 3 atom stereocenters. The molecular formula is C20H33N3O2. The van der Waals surface area contributed by atoms with Crippen molar-refractivity contribution in [2.24, 2.45) is 17.8 Å². The molecule has 0 spiro atoms. The van der Waals surface area contributed by atoms with E-state index in [0.29, 0.717) is 12.3 Å². The van der Waals surface area contributed by atoms with E-state index < -0.39 is 0 Å². The average Bonchev–Trinajstić information content (AvgIpc) is 2.62. The van der Waals surface area contributed by atoms with Crippen LogP contribution in [0.25, 0.3) is 0 Å². The average molecular weight is 348 g/mol. The number of hydrogen-bond acceptors (Lipinski definition) is 4. The monoisotopic (exact) mass is 347 g/mol. The third-order valence-electron chi connectivity index (χ3n) is 6.41. The zero-order valence-electron chi connectivity index (χ0n) is 15.3. The van der Waals surface area contributed by atoms with Crippen LogP contribution in [0.4, 0.5) is 0 Å². The molecule has 1 amide bonds. The minimum absolute atomic E-state index is 0.100. The van der Waals surface area contributed by atoms with Gasteiger partial charge in [-0.25, -0.2) is 0 Å². The Kier molecular flexibility index (Phi) is 6.72. The minimum atomic E-state index is -0.245. The van der Waals surface area contributed by atoms with Gasteiger partial charge < -0.3 is 15.3 Å². The molecule has 3 rings (SSSR count). The van der Waals surface area contributed by atoms with E-state index in [4.69, 9.17) is 5.26 Å². The number of rotatable bonds is 4. The number of aliphatic hydroxyl groups excluding tert-OH is 1. The van der Waals surface area contributed by atoms with Gasteiger partial charge in [0.2, 0.25) is 5.91 Å². The SMILES string of the molecule is N#CC1CCC(CN2CCC[C@@H](C(=O)NC3CCCC(O)C3)C2)CC1. The second kappa shape index (κ2) is 9.00. The number of nitriles is 1. The summed E-state index contributed by atoms with van der Waals surface area (Å²) in [6, 6.07) is 2.57. The van der Waals surface area contributed by atoms with E-state index in [1.54, 1.807) is 0 Å². The molecule has 2 N–H and O–H groups in total. The number of nitrogens with one attached hydrogen (secondary N) is 1. The fraction of sp³-hybridized carbons (Fsp3) is 0.900. The molecule has 5 heteroatoms. The molecular weight excluding hydrogens is 314 g/mol. The van der Waals surface area contributed by atoms with Crippen molar-refractivity contribution in [1.29, 1.82) is 5.26 Å². The summed E-state index contributed by atoms with van der Waals surface area (Å²) in [6.45, 7) is 3.06. The van der Waals surface area contributed by atoms with E-state index in [1.807, 2.05) is 0 Å². The Bertz CT molecular complexity index is 482. The maximum atomic E-state index is 12.6. The second-order valence-electron chi connectivity index (χ2n) is 8.47. The highest BCUT2D eigenvalue weighted by atomic mass is 16.3. The number of nitrogens with zero attached hydrogens (tertiary/aromatic N) is 2. The maximum Gasteiger partial charge on any atom is 0.224 e. The molecule has 0 aromatic heterocycles. The van der Waals surface area contributed by atoms with Crippen LogP contribution in [0.2, 0.25) is 0 Å². The summed E-state index contributed by atoms with van der Waals surface area (Å²) in [7, 11) is 0. The summed E-state index contributed by atoms with van der Waals surface area (Å²) >= 11 is 0. The van der Waals surface area contributed by atoms with E-state index in [1.165, 1.54) is 0 Å². The summed E-state index contributed by atoms with van der Waals surface area (Å²) in [5.74, 6) is 1.25. The van der Waals surface area contributed by atoms with Gasteiger partial charge >= 0.3 is 0 Å². The summed E-state index contributed by atoms with van der Waals surface area (Å²) in [6.07, 6.45) is 9.84. The Morgan fingerprint density at radius 2 is 1.92 bits per heavy atom. The van der Waals surface area contributed by atoms with E-state index in [0.717, 1.165) is 77.4 Å². The molecule has 0 radical (unpaired) electrons. The Balaban J connectivity index is 1.43. The summed E-state index contributed by atoms with van der Waals surface area (Å²) < 4.78 is 0. The van der Waals surface area contributed by atoms with Gasteiger partial charge in [-0.3, -0.25) is 4.79 Å². The molecule has 0 bridgehead atoms. The molecule has 1 saturated heterocycles. The van der Waals surface area contributed by atoms with Gasteiger partial charge in [-0.2, -0.15) is 5.26 Å². The van der Waals surface area contributed by atoms with E-state index in [-0.39, 0.29) is 29.9 Å². The van der Waals surface area contributed by atoms with Crippen molar-refractivity contribution in [3.05, 3.63) is 0 Å². The van der Waals surface area contributed by atoms with Gasteiger partial charge in [-0.1, -0.05) is 0 Å². The molecule has 2 saturated carbocycles. The molecule has 0 aromatic rings. The lowest BCUT2D eigenvalue weighted by molar-refractivity contribution is -0.128. The largest absolute Gasteiger partial charge is 0.393 e. The van der Waals surface area contributed by atoms with Crippen LogP contribution in [0.15, 0.2) is 0 Å². The highest BCUT2D eigenvalue weighted by Crippen LogP contribution is 2.30. The summed E-state index contributed by atoms with van der Waals surface area (Å²) in [4.78, 5) is 15.1. The van der Waals surface area contributed by atoms with E-state index in [9.17, 15) is 9.90 Å². The standard InChI is InChI=1S/C20H33N3O2/c21-12-15-6-8-16(9-7-15)13-23-10-2-3-17(14-23)20(25)22-18-4-1-5-19(24)11-18/h15-19,24H,1-11,13-14H2,(H,22,25)/t15?,16?,17-,18?,19?/m1/s1. The zero-order valence-corrected chi connectivity index (χ0v) is 15.3. The third-order valence-corrected chi connectivity index (χ3v) is 6.41. The Hall–Kier alpha value is -1.12. The van der Waals surface area contributed by atoms with Crippen molar-refractivity contribution in [1.82, 2.24) is 10.2 Å². The molecule has 1 aliphatic heterocycles. The van der Waals surface area contributed by atoms with Crippen LogP contribution in [0.1, 0.15) is 64.2 Å². The number of carbonyl (C=O) groups excluding carboxylic acids is 1. The van der Waals surface area contributed by atoms with Crippen LogP contribution >= 0.6 is 0 Å². The van der Waals surface area contributed by atoms with Gasteiger partial charge in [0, 0.05) is 25.0 Å². The quantitative estimate of drug-likeness (QED) is 0.819. The number of amides is 1. The molecule has 140 valence electrons. The van der Waals surface area contributed by atoms with Crippen LogP contribution < -0.4 is 5.32 Å². The molecule has 3 aliphatic rings. The summed E-state index contributed by atoms with van der Waals surface area (Å²) in [5.41, 5.74) is 0. The fourth-order valence-corrected chi connectivity index (χ4v) is 4.89. The fourth-order valence-electron chi connectivity index (χ4n) is 4.89. The number of piperidine rings is 1. The van der Waals surface area contributed by atoms with Crippen LogP contribution in [0.5, 0.6) is 0 Å². The molecule has 2 aliphatic carbocycles. The first-order chi connectivity index (χ1) is 12.1. The normalized spacial score (nSPS) is 37.2. The van der Waals surface area contributed by atoms with E-state index >= 15 is 0 Å². The van der Waals surface area contributed by atoms with Crippen molar-refractivity contribution in [3.63, 3.8) is 0 Å². The van der Waals surface area contributed by atoms with Gasteiger partial charge in [-0.15, -0.1) is 0 Å². The van der Waals surface area contributed by atoms with Gasteiger partial charge in [-0.05, 0) is 76.7 Å². The van der Waals surface area contributed by atoms with Crippen molar-refractivity contribution in [2.45, 2.75) is 76.4 Å². The predicted octanol–water partition coefficient (Wildman–Crippen LogP) is 2.45. The first-order valence-corrected chi connectivity index (χ1v) is 10.2. The predicted molar refractivity (Wildman–Crippen MR) is 96.6 cm³/mol. The maximum absolute atomic E-state index is 12.6. The number of carbonyl (C=O) groups is 1. The highest BCUT2D eigenvalue weighted by Gasteiger charge is 2.30. The minimum Gasteiger partial charge on any atom is -0.393 e. The Morgan fingerprint density at radius 1 is 1.12 bits per heavy atom. The van der Waals surface area contributed by atoms with Gasteiger partial charge in [0.25, 0.3) is 0 Å². The number of aliphatic hydroxyl groups is 1. The van der Waals surface area contributed by atoms with Gasteiger partial charge in [0.1, 0.15) is 0 Å². The molecule has 25 heavy (non-hydrogen) atoms. The van der Waals surface area contributed by atoms with Crippen LogP contribution in [-0.2, 0) is 4.79 Å². The first-order valence-electron chi connectivity index (χ1n) is 10.2. The van der Waals surface area contributed by atoms with Gasteiger partial charge in [0.05, 0.1) is 18.1 Å². The number of hydrogen-bond donors (Lipinski definition) is 2. The van der Waals surface area contributed by atoms with Gasteiger partial charge in [0.15, 0.2) is 0 Å². The van der Waals surface area contributed by atoms with Crippen molar-refractivity contribution >= 4 is 5.91 Å². The second-order valence-corrected chi connectivity index (χ2v) is 8.47. The third kappa shape index (κ3) is 5.43. The summed E-state index contributed by atoms with van der Waals surface area (Å²) in [5, 5.41) is 22.0. The van der Waals surface area contributed by atoms with E-state index in [2.05, 4.69) is 16.3 Å². The van der Waals surface area contributed by atoms with Crippen molar-refractivity contribution in [3.8, 4) is 6.07 Å². The van der Waals surface area contributed by atoms with Crippen LogP contribution in [0.3, 0.4) is 0 Å². The highest BCUT2D eigenvalue weighted by molar-refractivity contribution is 5.79. The Morgan fingerprint density at radius 3 is 2.64 bits per heavy atom. The number of likely N-dealkylation sites (tertiary alicyclic amines) is 1. The van der Waals surface area contributed by atoms with Crippen molar-refractivity contribution in [2.75, 3.05) is 19.6 Å². The topological polar surface area (TPSA) is 76.4 Å². The Labute approximate surface area is 151 Å². The lowest BCUT2D eigenvalue weighted by atomic mass is 9.82. The van der Waals surface area contributed by atoms with Crippen molar-refractivity contribution < 1.29 is 9.90 Å². The zero-order chi connectivity index (χ0) is 17.6. The molecule has 1 heterocycles. The molecule has 5 nitrogen and oxygen atoms in total. The lowest BCUT2D eigenvalue weighted by Gasteiger charge is -2.37. The first kappa shape index (κ1) is 18.7. The van der Waals surface area contributed by atoms with Crippen LogP contribution in [-0.4, -0.2) is 47.7 Å². The lowest BCUT2D eigenvalue weighted by Crippen LogP contribution is -2.48. The molecule has 2 unspecified atom stereocenters.